The molecular weight excluding hydrogens is 429 g/mol. The van der Waals surface area contributed by atoms with E-state index in [0.717, 1.165) is 5.69 Å². The highest BCUT2D eigenvalue weighted by molar-refractivity contribution is 7.99. The molecule has 1 heterocycles. The van der Waals surface area contributed by atoms with Gasteiger partial charge in [-0.2, -0.15) is 0 Å². The van der Waals surface area contributed by atoms with E-state index in [0.29, 0.717) is 17.4 Å². The van der Waals surface area contributed by atoms with E-state index in [-0.39, 0.29) is 29.3 Å². The molecular formula is C23H26FN5O2S. The Labute approximate surface area is 190 Å². The van der Waals surface area contributed by atoms with Crippen LogP contribution in [0.15, 0.2) is 59.8 Å². The first-order chi connectivity index (χ1) is 15.2. The lowest BCUT2D eigenvalue weighted by Gasteiger charge is -2.20. The topological polar surface area (TPSA) is 88.9 Å². The summed E-state index contributed by atoms with van der Waals surface area (Å²) in [6, 6.07) is 15.4. The minimum atomic E-state index is -0.565. The summed E-state index contributed by atoms with van der Waals surface area (Å²) in [5.41, 5.74) is 0.539. The molecule has 0 aliphatic heterocycles. The van der Waals surface area contributed by atoms with Crippen molar-refractivity contribution in [1.82, 2.24) is 25.4 Å². The Bertz CT molecular complexity index is 1080. The average molecular weight is 456 g/mol. The molecule has 0 aliphatic rings. The fourth-order valence-corrected chi connectivity index (χ4v) is 3.78. The standard InChI is InChI=1S/C23H26FN5O2S/c1-23(2,3)26-20(30)15-32-22-28-27-19(29(22)16-9-5-4-6-10-16)13-14-25-21(31)17-11-7-8-12-18(17)24/h4-12H,13-15H2,1-3H3,(H,25,31)(H,26,30). The molecule has 32 heavy (non-hydrogen) atoms. The first kappa shape index (κ1) is 23.5. The maximum absolute atomic E-state index is 13.8. The van der Waals surface area contributed by atoms with Gasteiger partial charge in [-0.15, -0.1) is 10.2 Å². The van der Waals surface area contributed by atoms with E-state index < -0.39 is 11.7 Å². The molecule has 7 nitrogen and oxygen atoms in total. The number of hydrogen-bond donors (Lipinski definition) is 2. The van der Waals surface area contributed by atoms with Crippen molar-refractivity contribution in [2.45, 2.75) is 37.9 Å². The van der Waals surface area contributed by atoms with Crippen LogP contribution < -0.4 is 10.6 Å². The zero-order chi connectivity index (χ0) is 23.1. The van der Waals surface area contributed by atoms with Gasteiger partial charge in [0.15, 0.2) is 5.16 Å². The number of hydrogen-bond acceptors (Lipinski definition) is 5. The van der Waals surface area contributed by atoms with Crippen molar-refractivity contribution in [2.75, 3.05) is 12.3 Å². The molecule has 2 N–H and O–H groups in total. The quantitative estimate of drug-likeness (QED) is 0.509. The molecule has 1 aromatic heterocycles. The van der Waals surface area contributed by atoms with E-state index in [9.17, 15) is 14.0 Å². The van der Waals surface area contributed by atoms with Gasteiger partial charge >= 0.3 is 0 Å². The van der Waals surface area contributed by atoms with Gasteiger partial charge in [-0.3, -0.25) is 14.2 Å². The summed E-state index contributed by atoms with van der Waals surface area (Å²) in [5.74, 6) is -0.314. The number of halogens is 1. The summed E-state index contributed by atoms with van der Waals surface area (Å²) >= 11 is 1.29. The Morgan fingerprint density at radius 1 is 1.03 bits per heavy atom. The normalized spacial score (nSPS) is 11.2. The number of carbonyl (C=O) groups excluding carboxylic acids is 2. The lowest BCUT2D eigenvalue weighted by atomic mass is 10.1. The van der Waals surface area contributed by atoms with Crippen molar-refractivity contribution in [3.63, 3.8) is 0 Å². The maximum Gasteiger partial charge on any atom is 0.254 e. The predicted molar refractivity (Wildman–Crippen MR) is 122 cm³/mol. The van der Waals surface area contributed by atoms with E-state index in [2.05, 4.69) is 20.8 Å². The van der Waals surface area contributed by atoms with Gasteiger partial charge in [0, 0.05) is 24.2 Å². The Hall–Kier alpha value is -3.20. The van der Waals surface area contributed by atoms with Gasteiger partial charge in [0.05, 0.1) is 11.3 Å². The van der Waals surface area contributed by atoms with Crippen LogP contribution in [-0.2, 0) is 11.2 Å². The Balaban J connectivity index is 1.71. The number of thioether (sulfide) groups is 1. The largest absolute Gasteiger partial charge is 0.351 e. The Morgan fingerprint density at radius 3 is 2.41 bits per heavy atom. The van der Waals surface area contributed by atoms with Gasteiger partial charge < -0.3 is 10.6 Å². The molecule has 0 aliphatic carbocycles. The molecule has 0 spiro atoms. The lowest BCUT2D eigenvalue weighted by molar-refractivity contribution is -0.119. The third-order valence-electron chi connectivity index (χ3n) is 4.31. The van der Waals surface area contributed by atoms with Crippen LogP contribution in [0.2, 0.25) is 0 Å². The third kappa shape index (κ3) is 6.40. The van der Waals surface area contributed by atoms with Crippen LogP contribution in [0.4, 0.5) is 4.39 Å². The lowest BCUT2D eigenvalue weighted by Crippen LogP contribution is -2.41. The summed E-state index contributed by atoms with van der Waals surface area (Å²) < 4.78 is 15.7. The maximum atomic E-state index is 13.8. The van der Waals surface area contributed by atoms with Crippen LogP contribution in [-0.4, -0.2) is 44.4 Å². The van der Waals surface area contributed by atoms with Gasteiger partial charge in [-0.05, 0) is 45.0 Å². The number of aromatic nitrogens is 3. The fourth-order valence-electron chi connectivity index (χ4n) is 3.00. The summed E-state index contributed by atoms with van der Waals surface area (Å²) in [4.78, 5) is 24.5. The number of nitrogens with zero attached hydrogens (tertiary/aromatic N) is 3. The first-order valence-corrected chi connectivity index (χ1v) is 11.2. The number of para-hydroxylation sites is 1. The molecule has 0 saturated heterocycles. The Morgan fingerprint density at radius 2 is 1.72 bits per heavy atom. The molecule has 168 valence electrons. The van der Waals surface area contributed by atoms with Crippen molar-refractivity contribution in [1.29, 1.82) is 0 Å². The van der Waals surface area contributed by atoms with E-state index >= 15 is 0 Å². The second-order valence-corrected chi connectivity index (χ2v) is 9.08. The monoisotopic (exact) mass is 455 g/mol. The minimum absolute atomic E-state index is 0.00173. The van der Waals surface area contributed by atoms with Crippen molar-refractivity contribution in [3.8, 4) is 5.69 Å². The van der Waals surface area contributed by atoms with Crippen LogP contribution in [0.3, 0.4) is 0 Å². The highest BCUT2D eigenvalue weighted by Crippen LogP contribution is 2.22. The number of amides is 2. The van der Waals surface area contributed by atoms with Gasteiger partial charge in [-0.1, -0.05) is 42.1 Å². The van der Waals surface area contributed by atoms with Gasteiger partial charge in [0.25, 0.3) is 5.91 Å². The molecule has 9 heteroatoms. The van der Waals surface area contributed by atoms with Crippen LogP contribution in [0.1, 0.15) is 37.0 Å². The van der Waals surface area contributed by atoms with E-state index in [1.807, 2.05) is 55.7 Å². The summed E-state index contributed by atoms with van der Waals surface area (Å²) in [5, 5.41) is 14.7. The number of carbonyl (C=O) groups is 2. The molecule has 0 bridgehead atoms. The second-order valence-electron chi connectivity index (χ2n) is 8.14. The van der Waals surface area contributed by atoms with E-state index in [1.165, 1.54) is 30.0 Å². The minimum Gasteiger partial charge on any atom is -0.351 e. The molecule has 3 aromatic rings. The summed E-state index contributed by atoms with van der Waals surface area (Å²) in [7, 11) is 0. The van der Waals surface area contributed by atoms with Gasteiger partial charge in [-0.25, -0.2) is 4.39 Å². The SMILES string of the molecule is CC(C)(C)NC(=O)CSc1nnc(CCNC(=O)c2ccccc2F)n1-c1ccccc1. The van der Waals surface area contributed by atoms with Gasteiger partial charge in [0.1, 0.15) is 11.6 Å². The number of nitrogens with one attached hydrogen (secondary N) is 2. The van der Waals surface area contributed by atoms with E-state index in [1.54, 1.807) is 6.07 Å². The van der Waals surface area contributed by atoms with Crippen LogP contribution >= 0.6 is 11.8 Å². The zero-order valence-corrected chi connectivity index (χ0v) is 19.1. The van der Waals surface area contributed by atoms with Crippen molar-refractivity contribution < 1.29 is 14.0 Å². The number of rotatable bonds is 8. The zero-order valence-electron chi connectivity index (χ0n) is 18.3. The molecule has 2 aromatic carbocycles. The molecule has 2 amide bonds. The highest BCUT2D eigenvalue weighted by Gasteiger charge is 2.18. The van der Waals surface area contributed by atoms with Crippen molar-refractivity contribution in [3.05, 3.63) is 71.8 Å². The van der Waals surface area contributed by atoms with Crippen LogP contribution in [0.5, 0.6) is 0 Å². The van der Waals surface area contributed by atoms with Crippen LogP contribution in [0.25, 0.3) is 5.69 Å². The van der Waals surface area contributed by atoms with Crippen LogP contribution in [0, 0.1) is 5.82 Å². The van der Waals surface area contributed by atoms with E-state index in [4.69, 9.17) is 0 Å². The second kappa shape index (κ2) is 10.4. The molecule has 0 fully saturated rings. The molecule has 0 radical (unpaired) electrons. The average Bonchev–Trinajstić information content (AvgIpc) is 3.14. The molecule has 0 unspecified atom stereocenters. The Kier molecular flexibility index (Phi) is 7.63. The summed E-state index contributed by atoms with van der Waals surface area (Å²) in [6.45, 7) is 6.04. The smallest absolute Gasteiger partial charge is 0.254 e. The highest BCUT2D eigenvalue weighted by atomic mass is 32.2. The molecule has 0 saturated carbocycles. The first-order valence-electron chi connectivity index (χ1n) is 10.2. The summed E-state index contributed by atoms with van der Waals surface area (Å²) in [6.07, 6.45) is 0.386. The van der Waals surface area contributed by atoms with Gasteiger partial charge in [0.2, 0.25) is 5.91 Å². The number of benzene rings is 2. The van der Waals surface area contributed by atoms with Crippen molar-refractivity contribution >= 4 is 23.6 Å². The third-order valence-corrected chi connectivity index (χ3v) is 5.24. The predicted octanol–water partition coefficient (Wildman–Crippen LogP) is 3.39. The van der Waals surface area contributed by atoms with Crippen molar-refractivity contribution in [2.24, 2.45) is 0 Å². The molecule has 0 atom stereocenters. The fraction of sp³-hybridized carbons (Fsp3) is 0.304. The molecule has 3 rings (SSSR count).